The number of ether oxygens (including phenoxy) is 2. The molecule has 0 radical (unpaired) electrons. The van der Waals surface area contributed by atoms with Crippen molar-refractivity contribution >= 4 is 11.5 Å². The zero-order chi connectivity index (χ0) is 26.7. The maximum atomic E-state index is 12.7. The Morgan fingerprint density at radius 1 is 1.03 bits per heavy atom. The van der Waals surface area contributed by atoms with Gasteiger partial charge in [0.25, 0.3) is 0 Å². The van der Waals surface area contributed by atoms with Crippen LogP contribution in [0.25, 0.3) is 0 Å². The average Bonchev–Trinajstić information content (AvgIpc) is 2.89. The van der Waals surface area contributed by atoms with Crippen molar-refractivity contribution < 1.29 is 24.5 Å². The van der Waals surface area contributed by atoms with E-state index in [1.807, 2.05) is 24.3 Å². The van der Waals surface area contributed by atoms with Crippen LogP contribution < -0.4 is 14.8 Å². The molecule has 2 aromatic rings. The van der Waals surface area contributed by atoms with Gasteiger partial charge in [0.1, 0.15) is 5.78 Å². The van der Waals surface area contributed by atoms with Crippen molar-refractivity contribution in [2.45, 2.75) is 89.3 Å². The van der Waals surface area contributed by atoms with Crippen molar-refractivity contribution in [1.29, 1.82) is 0 Å². The van der Waals surface area contributed by atoms with Crippen LogP contribution in [-0.4, -0.2) is 48.5 Å². The minimum absolute atomic E-state index is 0.126. The molecule has 1 atom stereocenters. The standard InChI is InChI=1S/C31H45NO5/c1-23(33)22-32-27-10-6-9-25(19-27)8-5-4-7-24-15-17-31(35,18-16-24)21-28(34)13-11-26-12-14-29(36-2)30(20-26)37-3/h6,9-10,12,14,19-20,23-24,32-33,35H,4-5,7-8,11,13,15-18,21-22H2,1-3H3/t23-,24?,31?/m0/s1. The molecule has 1 saturated carbocycles. The number of aryl methyl sites for hydroxylation is 2. The minimum Gasteiger partial charge on any atom is -0.493 e. The third-order valence-electron chi connectivity index (χ3n) is 7.56. The first kappa shape index (κ1) is 29.0. The highest BCUT2D eigenvalue weighted by atomic mass is 16.5. The molecule has 0 saturated heterocycles. The summed E-state index contributed by atoms with van der Waals surface area (Å²) in [6.45, 7) is 2.34. The molecule has 1 fully saturated rings. The molecule has 0 heterocycles. The lowest BCUT2D eigenvalue weighted by Gasteiger charge is -2.35. The Labute approximate surface area is 222 Å². The molecule has 37 heavy (non-hydrogen) atoms. The van der Waals surface area contributed by atoms with Crippen LogP contribution >= 0.6 is 0 Å². The van der Waals surface area contributed by atoms with E-state index in [-0.39, 0.29) is 18.3 Å². The number of rotatable bonds is 15. The number of ketones is 1. The number of nitrogens with one attached hydrogen (secondary N) is 1. The van der Waals surface area contributed by atoms with E-state index in [0.29, 0.717) is 36.8 Å². The SMILES string of the molecule is COc1ccc(CCC(=O)CC2(O)CCC(CCCCc3cccc(NC[C@H](C)O)c3)CC2)cc1OC. The van der Waals surface area contributed by atoms with Gasteiger partial charge in [-0.2, -0.15) is 0 Å². The number of methoxy groups -OCH3 is 2. The summed E-state index contributed by atoms with van der Waals surface area (Å²) in [7, 11) is 3.22. The Balaban J connectivity index is 1.33. The third-order valence-corrected chi connectivity index (χ3v) is 7.56. The van der Waals surface area contributed by atoms with Crippen LogP contribution in [0.4, 0.5) is 5.69 Å². The van der Waals surface area contributed by atoms with Crippen LogP contribution in [0.5, 0.6) is 11.5 Å². The molecular weight excluding hydrogens is 466 g/mol. The van der Waals surface area contributed by atoms with Crippen molar-refractivity contribution in [3.63, 3.8) is 0 Å². The Morgan fingerprint density at radius 2 is 1.76 bits per heavy atom. The Bertz CT molecular complexity index is 981. The molecule has 0 aliphatic heterocycles. The monoisotopic (exact) mass is 511 g/mol. The van der Waals surface area contributed by atoms with Gasteiger partial charge in [0.05, 0.1) is 25.9 Å². The second kappa shape index (κ2) is 14.4. The lowest BCUT2D eigenvalue weighted by molar-refractivity contribution is -0.125. The average molecular weight is 512 g/mol. The van der Waals surface area contributed by atoms with Crippen LogP contribution in [-0.2, 0) is 17.6 Å². The molecule has 6 nitrogen and oxygen atoms in total. The fourth-order valence-electron chi connectivity index (χ4n) is 5.32. The van der Waals surface area contributed by atoms with Crippen LogP contribution in [0, 0.1) is 5.92 Å². The van der Waals surface area contributed by atoms with Gasteiger partial charge in [-0.1, -0.05) is 31.0 Å². The summed E-state index contributed by atoms with van der Waals surface area (Å²) in [4.78, 5) is 12.7. The lowest BCUT2D eigenvalue weighted by Crippen LogP contribution is -2.36. The number of hydrogen-bond donors (Lipinski definition) is 3. The van der Waals surface area contributed by atoms with Crippen molar-refractivity contribution in [1.82, 2.24) is 0 Å². The van der Waals surface area contributed by atoms with Gasteiger partial charge in [0, 0.05) is 25.1 Å². The summed E-state index contributed by atoms with van der Waals surface area (Å²) >= 11 is 0. The van der Waals surface area contributed by atoms with E-state index < -0.39 is 5.60 Å². The van der Waals surface area contributed by atoms with E-state index in [4.69, 9.17) is 9.47 Å². The Morgan fingerprint density at radius 3 is 2.46 bits per heavy atom. The first-order valence-electron chi connectivity index (χ1n) is 13.8. The Kier molecular flexibility index (Phi) is 11.3. The van der Waals surface area contributed by atoms with Crippen molar-refractivity contribution in [2.24, 2.45) is 5.92 Å². The summed E-state index contributed by atoms with van der Waals surface area (Å²) in [6.07, 6.45) is 8.95. The summed E-state index contributed by atoms with van der Waals surface area (Å²) in [6, 6.07) is 14.2. The van der Waals surface area contributed by atoms with Crippen molar-refractivity contribution in [3.05, 3.63) is 53.6 Å². The first-order valence-corrected chi connectivity index (χ1v) is 13.8. The van der Waals surface area contributed by atoms with Gasteiger partial charge >= 0.3 is 0 Å². The fraction of sp³-hybridized carbons (Fsp3) is 0.581. The van der Waals surface area contributed by atoms with E-state index in [1.165, 1.54) is 18.4 Å². The van der Waals surface area contributed by atoms with Gasteiger partial charge in [-0.3, -0.25) is 4.79 Å². The Hall–Kier alpha value is -2.57. The minimum atomic E-state index is -0.843. The highest BCUT2D eigenvalue weighted by molar-refractivity contribution is 5.79. The number of hydrogen-bond acceptors (Lipinski definition) is 6. The second-order valence-electron chi connectivity index (χ2n) is 10.7. The highest BCUT2D eigenvalue weighted by Crippen LogP contribution is 2.37. The van der Waals surface area contributed by atoms with Gasteiger partial charge < -0.3 is 25.0 Å². The van der Waals surface area contributed by atoms with E-state index in [9.17, 15) is 15.0 Å². The zero-order valence-corrected chi connectivity index (χ0v) is 22.8. The van der Waals surface area contributed by atoms with E-state index in [0.717, 1.165) is 49.8 Å². The predicted octanol–water partition coefficient (Wildman–Crippen LogP) is 5.72. The highest BCUT2D eigenvalue weighted by Gasteiger charge is 2.34. The summed E-state index contributed by atoms with van der Waals surface area (Å²) in [5, 5.41) is 23.8. The number of aliphatic hydroxyl groups excluding tert-OH is 1. The van der Waals surface area contributed by atoms with Gasteiger partial charge in [-0.15, -0.1) is 0 Å². The van der Waals surface area contributed by atoms with E-state index in [2.05, 4.69) is 23.5 Å². The number of unbranched alkanes of at least 4 members (excludes halogenated alkanes) is 1. The summed E-state index contributed by atoms with van der Waals surface area (Å²) < 4.78 is 10.6. The second-order valence-corrected chi connectivity index (χ2v) is 10.7. The number of carbonyl (C=O) groups is 1. The normalized spacial score (nSPS) is 20.3. The number of Topliss-reactive ketones (excluding diaryl/α,β-unsaturated/α-hetero) is 1. The summed E-state index contributed by atoms with van der Waals surface area (Å²) in [5.74, 6) is 2.11. The molecule has 3 N–H and O–H groups in total. The molecule has 3 rings (SSSR count). The molecule has 6 heteroatoms. The maximum absolute atomic E-state index is 12.7. The maximum Gasteiger partial charge on any atom is 0.160 e. The number of aliphatic hydroxyl groups is 2. The predicted molar refractivity (Wildman–Crippen MR) is 149 cm³/mol. The van der Waals surface area contributed by atoms with Crippen LogP contribution in [0.2, 0.25) is 0 Å². The number of anilines is 1. The molecule has 1 aliphatic rings. The third kappa shape index (κ3) is 9.67. The van der Waals surface area contributed by atoms with Crippen LogP contribution in [0.15, 0.2) is 42.5 Å². The van der Waals surface area contributed by atoms with E-state index >= 15 is 0 Å². The molecule has 0 aromatic heterocycles. The molecule has 0 spiro atoms. The molecule has 204 valence electrons. The quantitative estimate of drug-likeness (QED) is 0.265. The molecule has 1 aliphatic carbocycles. The van der Waals surface area contributed by atoms with Gasteiger partial charge in [0.2, 0.25) is 0 Å². The summed E-state index contributed by atoms with van der Waals surface area (Å²) in [5.41, 5.74) is 2.57. The largest absolute Gasteiger partial charge is 0.493 e. The van der Waals surface area contributed by atoms with Crippen LogP contribution in [0.3, 0.4) is 0 Å². The molecule has 0 bridgehead atoms. The van der Waals surface area contributed by atoms with E-state index in [1.54, 1.807) is 21.1 Å². The topological polar surface area (TPSA) is 88.0 Å². The van der Waals surface area contributed by atoms with Gasteiger partial charge in [0.15, 0.2) is 11.5 Å². The van der Waals surface area contributed by atoms with Gasteiger partial charge in [-0.25, -0.2) is 0 Å². The van der Waals surface area contributed by atoms with Crippen molar-refractivity contribution in [2.75, 3.05) is 26.1 Å². The number of carbonyl (C=O) groups excluding carboxylic acids is 1. The zero-order valence-electron chi connectivity index (χ0n) is 22.8. The molecular formula is C31H45NO5. The van der Waals surface area contributed by atoms with Gasteiger partial charge in [-0.05, 0) is 93.2 Å². The van der Waals surface area contributed by atoms with Crippen molar-refractivity contribution in [3.8, 4) is 11.5 Å². The number of benzene rings is 2. The first-order chi connectivity index (χ1) is 17.8. The fourth-order valence-corrected chi connectivity index (χ4v) is 5.32. The van der Waals surface area contributed by atoms with Crippen LogP contribution in [0.1, 0.15) is 75.8 Å². The lowest BCUT2D eigenvalue weighted by atomic mass is 9.74. The molecule has 0 amide bonds. The molecule has 2 aromatic carbocycles. The smallest absolute Gasteiger partial charge is 0.160 e. The molecule has 0 unspecified atom stereocenters.